The normalized spacial score (nSPS) is 23.9. The van der Waals surface area contributed by atoms with Gasteiger partial charge in [0.25, 0.3) is 10.2 Å². The molecule has 0 aliphatic carbocycles. The molecule has 0 saturated carbocycles. The lowest BCUT2D eigenvalue weighted by Crippen LogP contribution is -2.52. The van der Waals surface area contributed by atoms with Crippen molar-refractivity contribution < 1.29 is 17.9 Å². The Bertz CT molecular complexity index is 525. The Hall–Kier alpha value is -1.15. The van der Waals surface area contributed by atoms with Crippen molar-refractivity contribution in [2.24, 2.45) is 0 Å². The average Bonchev–Trinajstić information content (AvgIpc) is 2.44. The molecule has 21 heavy (non-hydrogen) atoms. The number of nitrogens with zero attached hydrogens (tertiary/aromatic N) is 1. The van der Waals surface area contributed by atoms with E-state index in [0.29, 0.717) is 19.7 Å². The zero-order chi connectivity index (χ0) is 15.3. The summed E-state index contributed by atoms with van der Waals surface area (Å²) >= 11 is 0. The number of hydrogen-bond donors (Lipinski definition) is 1. The van der Waals surface area contributed by atoms with Gasteiger partial charge < -0.3 is 9.47 Å². The number of nitrogens with one attached hydrogen (secondary N) is 1. The molecule has 2 rings (SSSR count). The van der Waals surface area contributed by atoms with Crippen molar-refractivity contribution in [3.05, 3.63) is 30.3 Å². The highest BCUT2D eigenvalue weighted by atomic mass is 32.2. The molecule has 0 spiro atoms. The third-order valence-corrected chi connectivity index (χ3v) is 4.67. The van der Waals surface area contributed by atoms with Crippen LogP contribution in [0, 0.1) is 0 Å². The van der Waals surface area contributed by atoms with E-state index in [1.807, 2.05) is 44.2 Å². The highest BCUT2D eigenvalue weighted by molar-refractivity contribution is 7.87. The van der Waals surface area contributed by atoms with Gasteiger partial charge in [-0.05, 0) is 26.0 Å². The van der Waals surface area contributed by atoms with Crippen molar-refractivity contribution in [2.75, 3.05) is 26.2 Å². The van der Waals surface area contributed by atoms with Gasteiger partial charge in [-0.1, -0.05) is 18.2 Å². The van der Waals surface area contributed by atoms with Crippen molar-refractivity contribution in [3.8, 4) is 5.75 Å². The standard InChI is InChI=1S/C14H22N2O4S/c1-12-10-16(11-13(2)20-12)21(17,18)15-8-9-19-14-6-4-3-5-7-14/h3-7,12-13,15H,8-11H2,1-2H3/t12-,13-/m0/s1. The van der Waals surface area contributed by atoms with Crippen LogP contribution in [0.15, 0.2) is 30.3 Å². The molecule has 1 aromatic rings. The molecule has 1 aromatic carbocycles. The molecule has 118 valence electrons. The van der Waals surface area contributed by atoms with Crippen LogP contribution in [0.5, 0.6) is 5.75 Å². The van der Waals surface area contributed by atoms with Crippen molar-refractivity contribution in [1.29, 1.82) is 0 Å². The maximum atomic E-state index is 12.2. The van der Waals surface area contributed by atoms with Crippen LogP contribution in [0.3, 0.4) is 0 Å². The van der Waals surface area contributed by atoms with Gasteiger partial charge in [-0.2, -0.15) is 17.4 Å². The first-order valence-corrected chi connectivity index (χ1v) is 8.49. The van der Waals surface area contributed by atoms with Crippen LogP contribution >= 0.6 is 0 Å². The molecule has 1 fully saturated rings. The summed E-state index contributed by atoms with van der Waals surface area (Å²) < 4.78 is 39.4. The molecule has 1 aliphatic rings. The van der Waals surface area contributed by atoms with Gasteiger partial charge in [0.1, 0.15) is 12.4 Å². The summed E-state index contributed by atoms with van der Waals surface area (Å²) in [5.74, 6) is 0.727. The second-order valence-electron chi connectivity index (χ2n) is 5.14. The molecule has 1 saturated heterocycles. The minimum absolute atomic E-state index is 0.0918. The van der Waals surface area contributed by atoms with E-state index in [1.54, 1.807) is 0 Å². The van der Waals surface area contributed by atoms with Crippen LogP contribution in [-0.4, -0.2) is 51.2 Å². The van der Waals surface area contributed by atoms with Gasteiger partial charge in [-0.3, -0.25) is 0 Å². The Labute approximate surface area is 126 Å². The van der Waals surface area contributed by atoms with Gasteiger partial charge in [0.2, 0.25) is 0 Å². The Morgan fingerprint density at radius 3 is 2.48 bits per heavy atom. The van der Waals surface area contributed by atoms with Crippen LogP contribution in [0.25, 0.3) is 0 Å². The first-order valence-electron chi connectivity index (χ1n) is 7.05. The molecule has 1 N–H and O–H groups in total. The van der Waals surface area contributed by atoms with E-state index < -0.39 is 10.2 Å². The van der Waals surface area contributed by atoms with Crippen molar-refractivity contribution >= 4 is 10.2 Å². The molecule has 1 heterocycles. The van der Waals surface area contributed by atoms with Crippen molar-refractivity contribution in [3.63, 3.8) is 0 Å². The molecule has 2 atom stereocenters. The fourth-order valence-corrected chi connectivity index (χ4v) is 3.61. The van der Waals surface area contributed by atoms with E-state index in [1.165, 1.54) is 4.31 Å². The second kappa shape index (κ2) is 7.22. The largest absolute Gasteiger partial charge is 0.492 e. The lowest BCUT2D eigenvalue weighted by atomic mass is 10.3. The zero-order valence-electron chi connectivity index (χ0n) is 12.4. The lowest BCUT2D eigenvalue weighted by Gasteiger charge is -2.34. The smallest absolute Gasteiger partial charge is 0.279 e. The van der Waals surface area contributed by atoms with E-state index in [4.69, 9.17) is 9.47 Å². The van der Waals surface area contributed by atoms with Gasteiger partial charge in [0.15, 0.2) is 0 Å². The van der Waals surface area contributed by atoms with Crippen molar-refractivity contribution in [1.82, 2.24) is 9.03 Å². The Morgan fingerprint density at radius 2 is 1.86 bits per heavy atom. The molecule has 0 radical (unpaired) electrons. The third kappa shape index (κ3) is 4.96. The Kier molecular flexibility index (Phi) is 5.58. The summed E-state index contributed by atoms with van der Waals surface area (Å²) in [5, 5.41) is 0. The first-order chi connectivity index (χ1) is 9.97. The van der Waals surface area contributed by atoms with Crippen LogP contribution in [-0.2, 0) is 14.9 Å². The third-order valence-electron chi connectivity index (χ3n) is 3.12. The quantitative estimate of drug-likeness (QED) is 0.796. The number of para-hydroxylation sites is 1. The average molecular weight is 314 g/mol. The molecule has 0 unspecified atom stereocenters. The van der Waals surface area contributed by atoms with E-state index in [0.717, 1.165) is 5.75 Å². The molecule has 6 nitrogen and oxygen atoms in total. The molecule has 0 aromatic heterocycles. The fraction of sp³-hybridized carbons (Fsp3) is 0.571. The molecular formula is C14H22N2O4S. The Balaban J connectivity index is 1.78. The fourth-order valence-electron chi connectivity index (χ4n) is 2.27. The van der Waals surface area contributed by atoms with E-state index in [9.17, 15) is 8.42 Å². The molecule has 0 bridgehead atoms. The number of benzene rings is 1. The first kappa shape index (κ1) is 16.2. The summed E-state index contributed by atoms with van der Waals surface area (Å²) in [7, 11) is -3.48. The number of hydrogen-bond acceptors (Lipinski definition) is 4. The Morgan fingerprint density at radius 1 is 1.24 bits per heavy atom. The van der Waals surface area contributed by atoms with Crippen molar-refractivity contribution in [2.45, 2.75) is 26.1 Å². The zero-order valence-corrected chi connectivity index (χ0v) is 13.2. The summed E-state index contributed by atoms with van der Waals surface area (Å²) in [5.41, 5.74) is 0. The minimum Gasteiger partial charge on any atom is -0.492 e. The summed E-state index contributed by atoms with van der Waals surface area (Å²) in [4.78, 5) is 0. The van der Waals surface area contributed by atoms with E-state index in [-0.39, 0.29) is 18.8 Å². The van der Waals surface area contributed by atoms with Gasteiger partial charge in [-0.25, -0.2) is 0 Å². The van der Waals surface area contributed by atoms with Gasteiger partial charge in [-0.15, -0.1) is 0 Å². The van der Waals surface area contributed by atoms with Gasteiger partial charge >= 0.3 is 0 Å². The predicted molar refractivity (Wildman–Crippen MR) is 80.4 cm³/mol. The van der Waals surface area contributed by atoms with Gasteiger partial charge in [0, 0.05) is 19.6 Å². The van der Waals surface area contributed by atoms with Crippen LogP contribution in [0.2, 0.25) is 0 Å². The molecule has 1 aliphatic heterocycles. The molecule has 7 heteroatoms. The van der Waals surface area contributed by atoms with Crippen LogP contribution in [0.1, 0.15) is 13.8 Å². The number of morpholine rings is 1. The highest BCUT2D eigenvalue weighted by Crippen LogP contribution is 2.13. The topological polar surface area (TPSA) is 67.9 Å². The van der Waals surface area contributed by atoms with E-state index in [2.05, 4.69) is 4.72 Å². The van der Waals surface area contributed by atoms with Crippen LogP contribution in [0.4, 0.5) is 0 Å². The second-order valence-corrected chi connectivity index (χ2v) is 6.89. The predicted octanol–water partition coefficient (Wildman–Crippen LogP) is 1.01. The maximum absolute atomic E-state index is 12.2. The molecule has 0 amide bonds. The SMILES string of the molecule is C[C@H]1CN(S(=O)(=O)NCCOc2ccccc2)C[C@H](C)O1. The van der Waals surface area contributed by atoms with E-state index >= 15 is 0 Å². The summed E-state index contributed by atoms with van der Waals surface area (Å²) in [6.45, 7) is 5.02. The van der Waals surface area contributed by atoms with Crippen LogP contribution < -0.4 is 9.46 Å². The summed E-state index contributed by atoms with van der Waals surface area (Å²) in [6, 6.07) is 9.31. The highest BCUT2D eigenvalue weighted by Gasteiger charge is 2.30. The summed E-state index contributed by atoms with van der Waals surface area (Å²) in [6.07, 6.45) is -0.184. The molecular weight excluding hydrogens is 292 g/mol. The van der Waals surface area contributed by atoms with Gasteiger partial charge in [0.05, 0.1) is 12.2 Å². The minimum atomic E-state index is -3.48. The lowest BCUT2D eigenvalue weighted by molar-refractivity contribution is -0.0444. The number of rotatable bonds is 6. The number of ether oxygens (including phenoxy) is 2. The maximum Gasteiger partial charge on any atom is 0.279 e. The monoisotopic (exact) mass is 314 g/mol.